The van der Waals surface area contributed by atoms with Crippen LogP contribution in [-0.2, 0) is 28.0 Å². The molecule has 1 saturated heterocycles. The normalized spacial score (nSPS) is 19.8. The molecule has 7 heteroatoms. The Kier molecular flexibility index (Phi) is 7.28. The van der Waals surface area contributed by atoms with E-state index in [1.165, 1.54) is 34.2 Å². The number of hydrogen-bond acceptors (Lipinski definition) is 5. The fourth-order valence-electron chi connectivity index (χ4n) is 4.58. The smallest absolute Gasteiger partial charge is 0.242 e. The first-order valence-corrected chi connectivity index (χ1v) is 14.0. The molecule has 2 aromatic carbocycles. The van der Waals surface area contributed by atoms with Crippen molar-refractivity contribution in [3.8, 4) is 0 Å². The third kappa shape index (κ3) is 4.99. The van der Waals surface area contributed by atoms with Gasteiger partial charge in [-0.1, -0.05) is 61.0 Å². The van der Waals surface area contributed by atoms with Crippen LogP contribution in [0.25, 0.3) is 0 Å². The van der Waals surface area contributed by atoms with E-state index in [4.69, 9.17) is 16.6 Å². The van der Waals surface area contributed by atoms with Gasteiger partial charge in [0.15, 0.2) is 5.78 Å². The molecule has 1 fully saturated rings. The van der Waals surface area contributed by atoms with E-state index in [2.05, 4.69) is 36.5 Å². The van der Waals surface area contributed by atoms with E-state index in [0.717, 1.165) is 17.7 Å². The van der Waals surface area contributed by atoms with Crippen molar-refractivity contribution in [3.63, 3.8) is 0 Å². The molecule has 2 unspecified atom stereocenters. The summed E-state index contributed by atoms with van der Waals surface area (Å²) in [5.74, 6) is -0.470. The van der Waals surface area contributed by atoms with E-state index < -0.39 is 10.8 Å². The van der Waals surface area contributed by atoms with Gasteiger partial charge in [-0.05, 0) is 64.2 Å². The predicted molar refractivity (Wildman–Crippen MR) is 147 cm³/mol. The Balaban J connectivity index is 1.48. The number of carbonyl (C=O) groups is 2. The first kappa shape index (κ1) is 24.8. The lowest BCUT2D eigenvalue weighted by molar-refractivity contribution is -0.133. The summed E-state index contributed by atoms with van der Waals surface area (Å²) in [6.07, 6.45) is 1.78. The quantitative estimate of drug-likeness (QED) is 0.278. The Hall–Kier alpha value is -2.93. The minimum absolute atomic E-state index is 0.124. The number of nitrogens with zero attached hydrogens (tertiary/aromatic N) is 1. The molecule has 36 heavy (non-hydrogen) atoms. The molecule has 2 aromatic heterocycles. The Morgan fingerprint density at radius 1 is 1.06 bits per heavy atom. The van der Waals surface area contributed by atoms with Crippen LogP contribution in [0.3, 0.4) is 0 Å². The van der Waals surface area contributed by atoms with Crippen molar-refractivity contribution in [2.75, 3.05) is 0 Å². The second-order valence-corrected chi connectivity index (χ2v) is 11.2. The number of aromatic nitrogens is 1. The molecule has 0 radical (unpaired) electrons. The standard InChI is InChI=1S/C29H25ClN2O2S2/c1-2-19-7-5-8-20(15-19)16-22-9-6-12-26(31-22)29(21-13-14-35-18-21)17-24(33)27(28(34)32-29)36-25-11-4-3-10-23(25)30/h3-15,18,27H,2,16-17H2,1H3,(H,32,34). The van der Waals surface area contributed by atoms with Crippen molar-refractivity contribution >= 4 is 46.4 Å². The van der Waals surface area contributed by atoms with Gasteiger partial charge in [-0.2, -0.15) is 11.3 Å². The van der Waals surface area contributed by atoms with Crippen LogP contribution in [0.4, 0.5) is 0 Å². The Labute approximate surface area is 224 Å². The highest BCUT2D eigenvalue weighted by Crippen LogP contribution is 2.41. The third-order valence-corrected chi connectivity index (χ3v) is 8.88. The zero-order valence-electron chi connectivity index (χ0n) is 19.7. The maximum Gasteiger partial charge on any atom is 0.242 e. The van der Waals surface area contributed by atoms with E-state index >= 15 is 0 Å². The molecular formula is C29H25ClN2O2S2. The van der Waals surface area contributed by atoms with Crippen LogP contribution < -0.4 is 5.32 Å². The Morgan fingerprint density at radius 2 is 1.86 bits per heavy atom. The zero-order valence-corrected chi connectivity index (χ0v) is 22.1. The number of carbonyl (C=O) groups excluding carboxylic acids is 2. The van der Waals surface area contributed by atoms with Crippen LogP contribution in [0, 0.1) is 0 Å². The average molecular weight is 533 g/mol. The minimum atomic E-state index is -1.01. The second-order valence-electron chi connectivity index (χ2n) is 8.84. The monoisotopic (exact) mass is 532 g/mol. The Bertz CT molecular complexity index is 1390. The zero-order chi connectivity index (χ0) is 25.1. The van der Waals surface area contributed by atoms with Crippen molar-refractivity contribution in [2.24, 2.45) is 0 Å². The van der Waals surface area contributed by atoms with Crippen LogP contribution in [-0.4, -0.2) is 21.9 Å². The lowest BCUT2D eigenvalue weighted by Gasteiger charge is -2.39. The van der Waals surface area contributed by atoms with Gasteiger partial charge < -0.3 is 5.32 Å². The lowest BCUT2D eigenvalue weighted by atomic mass is 9.79. The maximum absolute atomic E-state index is 13.5. The van der Waals surface area contributed by atoms with E-state index in [9.17, 15) is 9.59 Å². The topological polar surface area (TPSA) is 59.1 Å². The molecule has 0 spiro atoms. The van der Waals surface area contributed by atoms with E-state index in [1.807, 2.05) is 53.2 Å². The van der Waals surface area contributed by atoms with Crippen molar-refractivity contribution in [1.29, 1.82) is 0 Å². The number of thiophene rings is 1. The number of halogens is 1. The van der Waals surface area contributed by atoms with Gasteiger partial charge in [0.1, 0.15) is 10.8 Å². The minimum Gasteiger partial charge on any atom is -0.339 e. The number of thioether (sulfide) groups is 1. The summed E-state index contributed by atoms with van der Waals surface area (Å²) in [5.41, 5.74) is 3.90. The van der Waals surface area contributed by atoms with Gasteiger partial charge in [-0.3, -0.25) is 14.6 Å². The highest BCUT2D eigenvalue weighted by Gasteiger charge is 2.48. The molecule has 5 rings (SSSR count). The fourth-order valence-corrected chi connectivity index (χ4v) is 6.55. The van der Waals surface area contributed by atoms with Crippen LogP contribution in [0.1, 0.15) is 41.4 Å². The van der Waals surface area contributed by atoms with Crippen molar-refractivity contribution in [1.82, 2.24) is 10.3 Å². The number of amides is 1. The van der Waals surface area contributed by atoms with Crippen LogP contribution in [0.15, 0.2) is 88.5 Å². The van der Waals surface area contributed by atoms with Crippen LogP contribution in [0.2, 0.25) is 5.02 Å². The molecule has 0 bridgehead atoms. The number of nitrogens with one attached hydrogen (secondary N) is 1. The molecule has 0 aliphatic carbocycles. The van der Waals surface area contributed by atoms with Gasteiger partial charge in [0.25, 0.3) is 0 Å². The summed E-state index contributed by atoms with van der Waals surface area (Å²) in [6, 6.07) is 23.6. The van der Waals surface area contributed by atoms with Gasteiger partial charge >= 0.3 is 0 Å². The molecule has 2 atom stereocenters. The first-order chi connectivity index (χ1) is 17.5. The van der Waals surface area contributed by atoms with Crippen molar-refractivity contribution < 1.29 is 9.59 Å². The molecule has 0 saturated carbocycles. The lowest BCUT2D eigenvalue weighted by Crippen LogP contribution is -2.58. The summed E-state index contributed by atoms with van der Waals surface area (Å²) in [7, 11) is 0. The number of aryl methyl sites for hydroxylation is 1. The molecule has 4 nitrogen and oxygen atoms in total. The summed E-state index contributed by atoms with van der Waals surface area (Å²) in [6.45, 7) is 2.14. The molecular weight excluding hydrogens is 508 g/mol. The average Bonchev–Trinajstić information content (AvgIpc) is 3.43. The number of Topliss-reactive ketones (excluding diaryl/α,β-unsaturated/α-hetero) is 1. The Morgan fingerprint density at radius 3 is 2.61 bits per heavy atom. The molecule has 1 amide bonds. The van der Waals surface area contributed by atoms with Gasteiger partial charge in [0, 0.05) is 23.4 Å². The van der Waals surface area contributed by atoms with Crippen molar-refractivity contribution in [3.05, 3.63) is 117 Å². The predicted octanol–water partition coefficient (Wildman–Crippen LogP) is 6.44. The summed E-state index contributed by atoms with van der Waals surface area (Å²) >= 11 is 9.03. The summed E-state index contributed by atoms with van der Waals surface area (Å²) < 4.78 is 0. The summed E-state index contributed by atoms with van der Waals surface area (Å²) in [4.78, 5) is 32.6. The van der Waals surface area contributed by atoms with Gasteiger partial charge in [0.05, 0.1) is 10.7 Å². The van der Waals surface area contributed by atoms with E-state index in [1.54, 1.807) is 6.07 Å². The fraction of sp³-hybridized carbons (Fsp3) is 0.207. The van der Waals surface area contributed by atoms with E-state index in [-0.39, 0.29) is 18.1 Å². The number of hydrogen-bond donors (Lipinski definition) is 1. The second kappa shape index (κ2) is 10.6. The van der Waals surface area contributed by atoms with Gasteiger partial charge in [-0.25, -0.2) is 0 Å². The summed E-state index contributed by atoms with van der Waals surface area (Å²) in [5, 5.41) is 6.80. The number of pyridine rings is 1. The maximum atomic E-state index is 13.5. The van der Waals surface area contributed by atoms with Crippen molar-refractivity contribution in [2.45, 2.75) is 41.9 Å². The van der Waals surface area contributed by atoms with Gasteiger partial charge in [-0.15, -0.1) is 11.8 Å². The molecule has 1 aliphatic rings. The number of rotatable bonds is 7. The largest absolute Gasteiger partial charge is 0.339 e. The number of benzene rings is 2. The SMILES string of the molecule is CCc1cccc(Cc2cccc(C3(c4ccsc4)CC(=O)C(Sc4ccccc4Cl)C(=O)N3)n2)c1. The first-order valence-electron chi connectivity index (χ1n) is 11.8. The number of ketones is 1. The number of piperidine rings is 1. The highest BCUT2D eigenvalue weighted by atomic mass is 35.5. The van der Waals surface area contributed by atoms with Crippen LogP contribution in [0.5, 0.6) is 0 Å². The molecule has 4 aromatic rings. The van der Waals surface area contributed by atoms with Crippen LogP contribution >= 0.6 is 34.7 Å². The highest BCUT2D eigenvalue weighted by molar-refractivity contribution is 8.01. The third-order valence-electron chi connectivity index (χ3n) is 6.43. The molecule has 1 N–H and O–H groups in total. The van der Waals surface area contributed by atoms with Gasteiger partial charge in [0.2, 0.25) is 5.91 Å². The molecule has 1 aliphatic heterocycles. The van der Waals surface area contributed by atoms with E-state index in [0.29, 0.717) is 22.0 Å². The molecule has 3 heterocycles. The molecule has 182 valence electrons.